The third kappa shape index (κ3) is 3.83. The first-order chi connectivity index (χ1) is 10.7. The highest BCUT2D eigenvalue weighted by atomic mass is 35.5. The Labute approximate surface area is 143 Å². The van der Waals surface area contributed by atoms with Gasteiger partial charge in [0.15, 0.2) is 0 Å². The van der Waals surface area contributed by atoms with E-state index >= 15 is 0 Å². The van der Waals surface area contributed by atoms with Gasteiger partial charge in [-0.3, -0.25) is 0 Å². The third-order valence-electron chi connectivity index (χ3n) is 3.22. The predicted octanol–water partition coefficient (Wildman–Crippen LogP) is 5.07. The summed E-state index contributed by atoms with van der Waals surface area (Å²) in [7, 11) is 0. The van der Waals surface area contributed by atoms with Crippen LogP contribution in [0.15, 0.2) is 61.2 Å². The normalized spacial score (nSPS) is 12.3. The minimum Gasteiger partial charge on any atom is -0.222 e. The number of benzene rings is 2. The quantitative estimate of drug-likeness (QED) is 0.644. The Bertz CT molecular complexity index is 732. The van der Waals surface area contributed by atoms with Gasteiger partial charge in [0.1, 0.15) is 12.7 Å². The molecule has 0 aliphatic rings. The standard InChI is InChI=1S/C16H13Cl2N3S/c17-14-7-6-13(15(18)9-14)8-16(12-4-2-1-3-5-12)22-21-11-19-10-20-21/h1-7,9-11,16H,8H2. The van der Waals surface area contributed by atoms with Gasteiger partial charge in [-0.05, 0) is 41.6 Å². The fourth-order valence-corrected chi connectivity index (χ4v) is 3.64. The van der Waals surface area contributed by atoms with Crippen molar-refractivity contribution in [2.24, 2.45) is 0 Å². The molecule has 3 rings (SSSR count). The summed E-state index contributed by atoms with van der Waals surface area (Å²) >= 11 is 13.9. The minimum absolute atomic E-state index is 0.182. The molecule has 1 heterocycles. The van der Waals surface area contributed by atoms with Crippen LogP contribution < -0.4 is 0 Å². The van der Waals surface area contributed by atoms with Crippen molar-refractivity contribution in [2.75, 3.05) is 0 Å². The van der Waals surface area contributed by atoms with Crippen molar-refractivity contribution >= 4 is 35.1 Å². The van der Waals surface area contributed by atoms with Gasteiger partial charge in [0.25, 0.3) is 0 Å². The van der Waals surface area contributed by atoms with E-state index in [2.05, 4.69) is 22.2 Å². The lowest BCUT2D eigenvalue weighted by molar-refractivity contribution is 0.902. The molecule has 1 unspecified atom stereocenters. The minimum atomic E-state index is 0.182. The van der Waals surface area contributed by atoms with Crippen LogP contribution >= 0.6 is 35.1 Å². The zero-order valence-electron chi connectivity index (χ0n) is 11.6. The van der Waals surface area contributed by atoms with Gasteiger partial charge in [-0.25, -0.2) is 4.98 Å². The summed E-state index contributed by atoms with van der Waals surface area (Å²) in [5, 5.41) is 5.69. The summed E-state index contributed by atoms with van der Waals surface area (Å²) in [5.74, 6) is 0. The zero-order valence-corrected chi connectivity index (χ0v) is 13.9. The molecule has 0 bridgehead atoms. The summed E-state index contributed by atoms with van der Waals surface area (Å²) in [6.45, 7) is 0. The van der Waals surface area contributed by atoms with Crippen molar-refractivity contribution < 1.29 is 0 Å². The Morgan fingerprint density at radius 2 is 1.91 bits per heavy atom. The predicted molar refractivity (Wildman–Crippen MR) is 92.4 cm³/mol. The SMILES string of the molecule is Clc1ccc(CC(Sn2cncn2)c2ccccc2)c(Cl)c1. The van der Waals surface area contributed by atoms with E-state index in [0.29, 0.717) is 10.0 Å². The van der Waals surface area contributed by atoms with Crippen molar-refractivity contribution in [3.8, 4) is 0 Å². The van der Waals surface area contributed by atoms with Crippen LogP contribution in [-0.2, 0) is 6.42 Å². The maximum absolute atomic E-state index is 6.31. The summed E-state index contributed by atoms with van der Waals surface area (Å²) < 4.78 is 1.77. The Hall–Kier alpha value is -1.49. The first-order valence-electron chi connectivity index (χ1n) is 6.73. The molecule has 3 nitrogen and oxygen atoms in total. The van der Waals surface area contributed by atoms with Crippen LogP contribution in [0.2, 0.25) is 10.0 Å². The molecule has 0 amide bonds. The van der Waals surface area contributed by atoms with Gasteiger partial charge in [0.05, 0.1) is 5.25 Å². The van der Waals surface area contributed by atoms with E-state index in [9.17, 15) is 0 Å². The first kappa shape index (κ1) is 15.4. The number of rotatable bonds is 5. The molecule has 22 heavy (non-hydrogen) atoms. The van der Waals surface area contributed by atoms with Crippen LogP contribution in [0.4, 0.5) is 0 Å². The molecule has 1 aromatic heterocycles. The highest BCUT2D eigenvalue weighted by molar-refractivity contribution is 7.97. The van der Waals surface area contributed by atoms with Crippen molar-refractivity contribution in [1.82, 2.24) is 14.2 Å². The Kier molecular flexibility index (Phi) is 5.03. The summed E-state index contributed by atoms with van der Waals surface area (Å²) in [6.07, 6.45) is 4.01. The molecule has 0 fully saturated rings. The second-order valence-electron chi connectivity index (χ2n) is 4.74. The number of aromatic nitrogens is 3. The van der Waals surface area contributed by atoms with E-state index in [1.807, 2.05) is 30.3 Å². The molecule has 0 radical (unpaired) electrons. The lowest BCUT2D eigenvalue weighted by atomic mass is 10.0. The van der Waals surface area contributed by atoms with Gasteiger partial charge in [-0.1, -0.05) is 59.6 Å². The van der Waals surface area contributed by atoms with Gasteiger partial charge in [-0.15, -0.1) is 5.10 Å². The summed E-state index contributed by atoms with van der Waals surface area (Å²) in [5.41, 5.74) is 2.28. The highest BCUT2D eigenvalue weighted by Crippen LogP contribution is 2.35. The van der Waals surface area contributed by atoms with Gasteiger partial charge in [0.2, 0.25) is 0 Å². The second kappa shape index (κ2) is 7.18. The smallest absolute Gasteiger partial charge is 0.138 e. The molecule has 3 aromatic rings. The fourth-order valence-electron chi connectivity index (χ4n) is 2.15. The van der Waals surface area contributed by atoms with E-state index in [1.165, 1.54) is 11.9 Å². The maximum atomic E-state index is 6.31. The van der Waals surface area contributed by atoms with E-state index in [4.69, 9.17) is 23.2 Å². The molecular weight excluding hydrogens is 337 g/mol. The topological polar surface area (TPSA) is 30.7 Å². The van der Waals surface area contributed by atoms with Gasteiger partial charge in [-0.2, -0.15) is 4.09 Å². The monoisotopic (exact) mass is 349 g/mol. The van der Waals surface area contributed by atoms with Crippen molar-refractivity contribution in [2.45, 2.75) is 11.7 Å². The zero-order chi connectivity index (χ0) is 15.4. The highest BCUT2D eigenvalue weighted by Gasteiger charge is 2.16. The first-order valence-corrected chi connectivity index (χ1v) is 8.32. The lowest BCUT2D eigenvalue weighted by Gasteiger charge is -2.17. The van der Waals surface area contributed by atoms with Crippen LogP contribution in [0.5, 0.6) is 0 Å². The van der Waals surface area contributed by atoms with Gasteiger partial charge < -0.3 is 0 Å². The maximum Gasteiger partial charge on any atom is 0.138 e. The average molecular weight is 350 g/mol. The number of halogens is 2. The largest absolute Gasteiger partial charge is 0.222 e. The molecular formula is C16H13Cl2N3S. The van der Waals surface area contributed by atoms with Crippen LogP contribution in [0.3, 0.4) is 0 Å². The summed E-state index contributed by atoms with van der Waals surface area (Å²) in [4.78, 5) is 3.99. The Morgan fingerprint density at radius 1 is 1.09 bits per heavy atom. The Balaban J connectivity index is 1.88. The molecule has 112 valence electrons. The van der Waals surface area contributed by atoms with E-state index < -0.39 is 0 Å². The molecule has 0 spiro atoms. The second-order valence-corrected chi connectivity index (χ2v) is 6.74. The molecule has 2 aromatic carbocycles. The lowest BCUT2D eigenvalue weighted by Crippen LogP contribution is -2.03. The molecule has 0 saturated carbocycles. The number of hydrogen-bond donors (Lipinski definition) is 0. The van der Waals surface area contributed by atoms with Crippen molar-refractivity contribution in [1.29, 1.82) is 0 Å². The molecule has 0 aliphatic carbocycles. The molecule has 1 atom stereocenters. The van der Waals surface area contributed by atoms with Gasteiger partial charge in [0, 0.05) is 10.0 Å². The Morgan fingerprint density at radius 3 is 2.59 bits per heavy atom. The van der Waals surface area contributed by atoms with Crippen molar-refractivity contribution in [3.05, 3.63) is 82.4 Å². The third-order valence-corrected chi connectivity index (χ3v) is 4.91. The molecule has 0 aliphatic heterocycles. The molecule has 6 heteroatoms. The van der Waals surface area contributed by atoms with Crippen molar-refractivity contribution in [3.63, 3.8) is 0 Å². The van der Waals surface area contributed by atoms with Gasteiger partial charge >= 0.3 is 0 Å². The van der Waals surface area contributed by atoms with Crippen LogP contribution in [-0.4, -0.2) is 14.2 Å². The average Bonchev–Trinajstić information content (AvgIpc) is 3.03. The van der Waals surface area contributed by atoms with E-state index in [0.717, 1.165) is 12.0 Å². The molecule has 0 saturated heterocycles. The van der Waals surface area contributed by atoms with E-state index in [-0.39, 0.29) is 5.25 Å². The number of hydrogen-bond acceptors (Lipinski definition) is 3. The van der Waals surface area contributed by atoms with Crippen LogP contribution in [0.25, 0.3) is 0 Å². The van der Waals surface area contributed by atoms with Crippen LogP contribution in [0.1, 0.15) is 16.4 Å². The van der Waals surface area contributed by atoms with Crippen LogP contribution in [0, 0.1) is 0 Å². The number of nitrogens with zero attached hydrogens (tertiary/aromatic N) is 3. The fraction of sp³-hybridized carbons (Fsp3) is 0.125. The molecule has 0 N–H and O–H groups in total. The summed E-state index contributed by atoms with van der Waals surface area (Å²) in [6, 6.07) is 15.9. The van der Waals surface area contributed by atoms with E-state index in [1.54, 1.807) is 28.4 Å².